The highest BCUT2D eigenvalue weighted by molar-refractivity contribution is 7.92. The number of sulfonamides is 1. The number of carbonyl (C=O) groups excluding carboxylic acids is 1. The minimum absolute atomic E-state index is 0.377. The van der Waals surface area contributed by atoms with E-state index in [2.05, 4.69) is 0 Å². The van der Waals surface area contributed by atoms with Gasteiger partial charge in [0.1, 0.15) is 5.75 Å². The molecule has 0 spiro atoms. The van der Waals surface area contributed by atoms with Gasteiger partial charge in [0.2, 0.25) is 10.0 Å². The molecule has 7 nitrogen and oxygen atoms in total. The summed E-state index contributed by atoms with van der Waals surface area (Å²) in [6, 6.07) is 9.94. The Balaban J connectivity index is 2.20. The Kier molecular flexibility index (Phi) is 5.25. The van der Waals surface area contributed by atoms with Crippen molar-refractivity contribution in [2.24, 2.45) is 0 Å². The van der Waals surface area contributed by atoms with Gasteiger partial charge in [-0.15, -0.1) is 0 Å². The SMILES string of the molecule is COC(=O)c1ccc(OC)cc1C(C)(C)C1Cc2ccc(N)cc2N1S(C)(=O)=O. The van der Waals surface area contributed by atoms with Crippen molar-refractivity contribution in [2.75, 3.05) is 30.5 Å². The van der Waals surface area contributed by atoms with Crippen molar-refractivity contribution in [3.63, 3.8) is 0 Å². The van der Waals surface area contributed by atoms with Crippen molar-refractivity contribution in [3.8, 4) is 5.75 Å². The first-order chi connectivity index (χ1) is 13.5. The molecule has 29 heavy (non-hydrogen) atoms. The molecule has 0 saturated heterocycles. The Morgan fingerprint density at radius 3 is 2.45 bits per heavy atom. The van der Waals surface area contributed by atoms with Gasteiger partial charge in [-0.3, -0.25) is 4.31 Å². The molecule has 8 heteroatoms. The van der Waals surface area contributed by atoms with Gasteiger partial charge in [0.05, 0.1) is 37.8 Å². The molecule has 2 aromatic rings. The largest absolute Gasteiger partial charge is 0.497 e. The molecular formula is C21H26N2O5S. The topological polar surface area (TPSA) is 98.9 Å². The normalized spacial score (nSPS) is 16.4. The van der Waals surface area contributed by atoms with Crippen LogP contribution in [0.15, 0.2) is 36.4 Å². The highest BCUT2D eigenvalue weighted by atomic mass is 32.2. The zero-order chi connectivity index (χ0) is 21.6. The van der Waals surface area contributed by atoms with Crippen molar-refractivity contribution in [2.45, 2.75) is 31.7 Å². The van der Waals surface area contributed by atoms with E-state index in [1.165, 1.54) is 17.7 Å². The smallest absolute Gasteiger partial charge is 0.338 e. The molecule has 1 atom stereocenters. The molecule has 0 radical (unpaired) electrons. The number of nitrogens with two attached hydrogens (primary N) is 1. The number of ether oxygens (including phenoxy) is 2. The Hall–Kier alpha value is -2.74. The zero-order valence-electron chi connectivity index (χ0n) is 17.2. The number of benzene rings is 2. The van der Waals surface area contributed by atoms with Crippen molar-refractivity contribution in [3.05, 3.63) is 53.1 Å². The van der Waals surface area contributed by atoms with Gasteiger partial charge in [-0.2, -0.15) is 0 Å². The molecule has 1 heterocycles. The third-order valence-corrected chi connectivity index (χ3v) is 6.73. The van der Waals surface area contributed by atoms with Gasteiger partial charge in [-0.05, 0) is 47.9 Å². The van der Waals surface area contributed by atoms with Crippen LogP contribution in [-0.2, 0) is 26.6 Å². The lowest BCUT2D eigenvalue weighted by atomic mass is 9.74. The average molecular weight is 419 g/mol. The van der Waals surface area contributed by atoms with Crippen LogP contribution in [0, 0.1) is 0 Å². The molecule has 1 unspecified atom stereocenters. The summed E-state index contributed by atoms with van der Waals surface area (Å²) in [6.45, 7) is 3.85. The molecule has 0 amide bonds. The van der Waals surface area contributed by atoms with Crippen LogP contribution in [0.2, 0.25) is 0 Å². The quantitative estimate of drug-likeness (QED) is 0.592. The molecule has 0 bridgehead atoms. The average Bonchev–Trinajstić information content (AvgIpc) is 3.06. The van der Waals surface area contributed by atoms with Gasteiger partial charge in [0.25, 0.3) is 0 Å². The summed E-state index contributed by atoms with van der Waals surface area (Å²) >= 11 is 0. The maximum absolute atomic E-state index is 12.8. The van der Waals surface area contributed by atoms with E-state index in [0.29, 0.717) is 34.7 Å². The van der Waals surface area contributed by atoms with Gasteiger partial charge in [0.15, 0.2) is 0 Å². The molecule has 0 fully saturated rings. The zero-order valence-corrected chi connectivity index (χ0v) is 18.0. The first kappa shape index (κ1) is 21.0. The lowest BCUT2D eigenvalue weighted by Gasteiger charge is -2.39. The number of methoxy groups -OCH3 is 2. The number of anilines is 2. The Labute approximate surface area is 171 Å². The summed E-state index contributed by atoms with van der Waals surface area (Å²) in [5, 5.41) is 0. The fourth-order valence-corrected chi connectivity index (χ4v) is 5.35. The summed E-state index contributed by atoms with van der Waals surface area (Å²) in [5.41, 5.74) is 8.18. The monoisotopic (exact) mass is 418 g/mol. The lowest BCUT2D eigenvalue weighted by molar-refractivity contribution is 0.0597. The number of hydrogen-bond acceptors (Lipinski definition) is 6. The fourth-order valence-electron chi connectivity index (χ4n) is 4.03. The number of fused-ring (bicyclic) bond motifs is 1. The van der Waals surface area contributed by atoms with Crippen LogP contribution in [0.25, 0.3) is 0 Å². The van der Waals surface area contributed by atoms with Crippen LogP contribution >= 0.6 is 0 Å². The minimum Gasteiger partial charge on any atom is -0.497 e. The molecule has 2 aromatic carbocycles. The molecule has 1 aliphatic heterocycles. The molecule has 0 aromatic heterocycles. The molecule has 0 saturated carbocycles. The molecule has 156 valence electrons. The second-order valence-electron chi connectivity index (χ2n) is 7.79. The van der Waals surface area contributed by atoms with E-state index in [4.69, 9.17) is 15.2 Å². The van der Waals surface area contributed by atoms with Crippen LogP contribution in [0.3, 0.4) is 0 Å². The van der Waals surface area contributed by atoms with E-state index >= 15 is 0 Å². The van der Waals surface area contributed by atoms with E-state index in [9.17, 15) is 13.2 Å². The van der Waals surface area contributed by atoms with Crippen LogP contribution in [0.5, 0.6) is 5.75 Å². The van der Waals surface area contributed by atoms with Gasteiger partial charge in [0, 0.05) is 11.1 Å². The number of nitrogens with zero attached hydrogens (tertiary/aromatic N) is 1. The van der Waals surface area contributed by atoms with Gasteiger partial charge in [-0.25, -0.2) is 13.2 Å². The Morgan fingerprint density at radius 2 is 1.86 bits per heavy atom. The molecule has 2 N–H and O–H groups in total. The van der Waals surface area contributed by atoms with E-state index in [0.717, 1.165) is 5.56 Å². The van der Waals surface area contributed by atoms with E-state index in [1.807, 2.05) is 19.9 Å². The summed E-state index contributed by atoms with van der Waals surface area (Å²) < 4.78 is 37.2. The first-order valence-corrected chi connectivity index (χ1v) is 11.0. The van der Waals surface area contributed by atoms with Crippen LogP contribution in [-0.4, -0.2) is 40.9 Å². The fraction of sp³-hybridized carbons (Fsp3) is 0.381. The second kappa shape index (κ2) is 7.26. The summed E-state index contributed by atoms with van der Waals surface area (Å²) in [4.78, 5) is 12.4. The third kappa shape index (κ3) is 3.64. The summed E-state index contributed by atoms with van der Waals surface area (Å²) in [5.74, 6) is 0.0905. The molecule has 3 rings (SSSR count). The second-order valence-corrected chi connectivity index (χ2v) is 9.65. The van der Waals surface area contributed by atoms with Crippen LogP contribution in [0.1, 0.15) is 35.3 Å². The molecular weight excluding hydrogens is 392 g/mol. The lowest BCUT2D eigenvalue weighted by Crippen LogP contribution is -2.49. The number of hydrogen-bond donors (Lipinski definition) is 1. The van der Waals surface area contributed by atoms with E-state index in [-0.39, 0.29) is 0 Å². The Bertz CT molecular complexity index is 1060. The summed E-state index contributed by atoms with van der Waals surface area (Å²) in [6.07, 6.45) is 1.68. The van der Waals surface area contributed by atoms with Gasteiger partial charge in [-0.1, -0.05) is 19.9 Å². The van der Waals surface area contributed by atoms with Crippen molar-refractivity contribution >= 4 is 27.4 Å². The first-order valence-electron chi connectivity index (χ1n) is 9.15. The number of nitrogen functional groups attached to an aromatic ring is 1. The van der Waals surface area contributed by atoms with E-state index < -0.39 is 27.4 Å². The number of carbonyl (C=O) groups is 1. The molecule has 0 aliphatic carbocycles. The van der Waals surface area contributed by atoms with Crippen molar-refractivity contribution in [1.82, 2.24) is 0 Å². The highest BCUT2D eigenvalue weighted by Crippen LogP contribution is 2.45. The van der Waals surface area contributed by atoms with Crippen molar-refractivity contribution < 1.29 is 22.7 Å². The molecule has 1 aliphatic rings. The van der Waals surface area contributed by atoms with Crippen molar-refractivity contribution in [1.29, 1.82) is 0 Å². The van der Waals surface area contributed by atoms with Gasteiger partial charge >= 0.3 is 5.97 Å². The predicted octanol–water partition coefficient (Wildman–Crippen LogP) is 2.73. The minimum atomic E-state index is -3.60. The third-order valence-electron chi connectivity index (χ3n) is 5.56. The maximum Gasteiger partial charge on any atom is 0.338 e. The standard InChI is InChI=1S/C21H26N2O5S/c1-21(2,17-12-15(27-3)8-9-16(17)20(24)28-4)19-10-13-6-7-14(22)11-18(13)23(19)29(5,25)26/h6-9,11-12,19H,10,22H2,1-5H3. The summed E-state index contributed by atoms with van der Waals surface area (Å²) in [7, 11) is -0.735. The Morgan fingerprint density at radius 1 is 1.17 bits per heavy atom. The number of esters is 1. The predicted molar refractivity (Wildman–Crippen MR) is 113 cm³/mol. The van der Waals surface area contributed by atoms with Gasteiger partial charge < -0.3 is 15.2 Å². The van der Waals surface area contributed by atoms with Crippen LogP contribution < -0.4 is 14.8 Å². The van der Waals surface area contributed by atoms with Crippen LogP contribution in [0.4, 0.5) is 11.4 Å². The van der Waals surface area contributed by atoms with E-state index in [1.54, 1.807) is 37.4 Å². The highest BCUT2D eigenvalue weighted by Gasteiger charge is 2.46. The maximum atomic E-state index is 12.8. The number of rotatable bonds is 5.